The zero-order valence-corrected chi connectivity index (χ0v) is 8.99. The molecule has 2 atom stereocenters. The van der Waals surface area contributed by atoms with Crippen LogP contribution in [-0.4, -0.2) is 42.5 Å². The maximum atomic E-state index is 12.1. The van der Waals surface area contributed by atoms with Crippen LogP contribution in [0.25, 0.3) is 0 Å². The fourth-order valence-electron chi connectivity index (χ4n) is 1.90. The van der Waals surface area contributed by atoms with E-state index in [1.165, 1.54) is 6.42 Å². The van der Waals surface area contributed by atoms with Crippen LogP contribution in [0, 0.1) is 0 Å². The Labute approximate surface area is 82.9 Å². The van der Waals surface area contributed by atoms with Gasteiger partial charge < -0.3 is 0 Å². The lowest BCUT2D eigenvalue weighted by atomic mass is 10.2. The summed E-state index contributed by atoms with van der Waals surface area (Å²) in [5, 5.41) is 0.685. The highest BCUT2D eigenvalue weighted by Crippen LogP contribution is 2.30. The Kier molecular flexibility index (Phi) is 4.46. The quantitative estimate of drug-likeness (QED) is 0.699. The molecule has 78 valence electrons. The number of thioether (sulfide) groups is 1. The van der Waals surface area contributed by atoms with Crippen LogP contribution in [0.4, 0.5) is 8.78 Å². The molecule has 0 N–H and O–H groups in total. The molecule has 1 rings (SSSR count). The molecular weight excluding hydrogens is 192 g/mol. The van der Waals surface area contributed by atoms with Gasteiger partial charge in [-0.1, -0.05) is 0 Å². The van der Waals surface area contributed by atoms with Crippen molar-refractivity contribution in [1.82, 2.24) is 4.90 Å². The van der Waals surface area contributed by atoms with Crippen LogP contribution in [-0.2, 0) is 0 Å². The Bertz CT molecular complexity index is 155. The number of hydrogen-bond acceptors (Lipinski definition) is 2. The minimum atomic E-state index is -2.20. The second-order valence-corrected chi connectivity index (χ2v) is 4.79. The Morgan fingerprint density at radius 3 is 2.62 bits per heavy atom. The van der Waals surface area contributed by atoms with Crippen molar-refractivity contribution in [3.63, 3.8) is 0 Å². The molecule has 0 bridgehead atoms. The summed E-state index contributed by atoms with van der Waals surface area (Å²) < 4.78 is 24.1. The molecule has 0 aromatic carbocycles. The standard InChI is InChI=1S/C9H17F2NS/c1-12(6-9(10)11)7-3-4-8(5-7)13-2/h7-9H,3-6H2,1-2H3/t7-,8-/m0/s1. The van der Waals surface area contributed by atoms with Crippen molar-refractivity contribution in [2.75, 3.05) is 19.8 Å². The number of halogens is 2. The number of rotatable bonds is 4. The zero-order chi connectivity index (χ0) is 9.84. The van der Waals surface area contributed by atoms with Gasteiger partial charge in [0.05, 0.1) is 6.54 Å². The maximum Gasteiger partial charge on any atom is 0.251 e. The molecule has 1 saturated carbocycles. The number of alkyl halides is 2. The first-order chi connectivity index (χ1) is 6.13. The van der Waals surface area contributed by atoms with Crippen LogP contribution in [0.5, 0.6) is 0 Å². The smallest absolute Gasteiger partial charge is 0.251 e. The lowest BCUT2D eigenvalue weighted by molar-refractivity contribution is 0.0820. The molecular formula is C9H17F2NS. The van der Waals surface area contributed by atoms with Crippen molar-refractivity contribution in [3.8, 4) is 0 Å². The fourth-order valence-corrected chi connectivity index (χ4v) is 2.69. The van der Waals surface area contributed by atoms with Crippen LogP contribution in [0.1, 0.15) is 19.3 Å². The minimum Gasteiger partial charge on any atom is -0.298 e. The molecule has 1 aliphatic carbocycles. The van der Waals surface area contributed by atoms with Gasteiger partial charge in [-0.3, -0.25) is 4.90 Å². The third-order valence-corrected chi connectivity index (χ3v) is 3.83. The van der Waals surface area contributed by atoms with E-state index in [-0.39, 0.29) is 6.54 Å². The summed E-state index contributed by atoms with van der Waals surface area (Å²) in [4.78, 5) is 1.81. The molecule has 0 aliphatic heterocycles. The summed E-state index contributed by atoms with van der Waals surface area (Å²) in [7, 11) is 1.81. The minimum absolute atomic E-state index is 0.0776. The molecule has 0 unspecified atom stereocenters. The first kappa shape index (κ1) is 11.2. The number of nitrogens with zero attached hydrogens (tertiary/aromatic N) is 1. The summed E-state index contributed by atoms with van der Waals surface area (Å²) in [6.45, 7) is -0.0776. The summed E-state index contributed by atoms with van der Waals surface area (Å²) in [6.07, 6.45) is 3.23. The van der Waals surface area contributed by atoms with Gasteiger partial charge in [-0.2, -0.15) is 11.8 Å². The van der Waals surface area contributed by atoms with Crippen molar-refractivity contribution in [3.05, 3.63) is 0 Å². The first-order valence-corrected chi connectivity index (χ1v) is 5.93. The molecule has 0 heterocycles. The molecule has 0 aromatic heterocycles. The Hall–Kier alpha value is 0.170. The molecule has 0 aromatic rings. The van der Waals surface area contributed by atoms with Gasteiger partial charge in [-0.25, -0.2) is 8.78 Å². The van der Waals surface area contributed by atoms with E-state index in [0.29, 0.717) is 11.3 Å². The number of hydrogen-bond donors (Lipinski definition) is 0. The molecule has 0 radical (unpaired) electrons. The van der Waals surface area contributed by atoms with Crippen LogP contribution in [0.3, 0.4) is 0 Å². The third-order valence-electron chi connectivity index (χ3n) is 2.74. The predicted molar refractivity (Wildman–Crippen MR) is 53.6 cm³/mol. The molecule has 1 fully saturated rings. The van der Waals surface area contributed by atoms with Gasteiger partial charge >= 0.3 is 0 Å². The largest absolute Gasteiger partial charge is 0.298 e. The van der Waals surface area contributed by atoms with E-state index in [2.05, 4.69) is 6.26 Å². The summed E-state index contributed by atoms with van der Waals surface area (Å²) in [6, 6.07) is 0.381. The van der Waals surface area contributed by atoms with Crippen molar-refractivity contribution < 1.29 is 8.78 Å². The monoisotopic (exact) mass is 209 g/mol. The molecule has 1 nitrogen and oxygen atoms in total. The highest BCUT2D eigenvalue weighted by molar-refractivity contribution is 7.99. The third kappa shape index (κ3) is 3.43. The van der Waals surface area contributed by atoms with E-state index < -0.39 is 6.43 Å². The van der Waals surface area contributed by atoms with Crippen molar-refractivity contribution in [2.45, 2.75) is 37.0 Å². The summed E-state index contributed by atoms with van der Waals surface area (Å²) in [5.74, 6) is 0. The Morgan fingerprint density at radius 2 is 2.15 bits per heavy atom. The van der Waals surface area contributed by atoms with E-state index in [1.807, 2.05) is 11.8 Å². The normalized spacial score (nSPS) is 29.1. The van der Waals surface area contributed by atoms with Crippen LogP contribution >= 0.6 is 11.8 Å². The van der Waals surface area contributed by atoms with Crippen LogP contribution in [0.2, 0.25) is 0 Å². The van der Waals surface area contributed by atoms with Crippen LogP contribution < -0.4 is 0 Å². The maximum absolute atomic E-state index is 12.1. The average molecular weight is 209 g/mol. The fraction of sp³-hybridized carbons (Fsp3) is 1.00. The molecule has 0 amide bonds. The van der Waals surface area contributed by atoms with Gasteiger partial charge in [0.1, 0.15) is 0 Å². The molecule has 4 heteroatoms. The lowest BCUT2D eigenvalue weighted by Gasteiger charge is -2.23. The van der Waals surface area contributed by atoms with E-state index in [0.717, 1.165) is 12.8 Å². The van der Waals surface area contributed by atoms with Gasteiger partial charge in [0.15, 0.2) is 0 Å². The van der Waals surface area contributed by atoms with Gasteiger partial charge in [0, 0.05) is 11.3 Å². The van der Waals surface area contributed by atoms with E-state index >= 15 is 0 Å². The second kappa shape index (κ2) is 5.15. The van der Waals surface area contributed by atoms with Crippen molar-refractivity contribution >= 4 is 11.8 Å². The van der Waals surface area contributed by atoms with Crippen LogP contribution in [0.15, 0.2) is 0 Å². The van der Waals surface area contributed by atoms with Gasteiger partial charge in [-0.15, -0.1) is 0 Å². The van der Waals surface area contributed by atoms with Gasteiger partial charge in [-0.05, 0) is 32.6 Å². The predicted octanol–water partition coefficient (Wildman–Crippen LogP) is 2.47. The van der Waals surface area contributed by atoms with Gasteiger partial charge in [0.25, 0.3) is 6.43 Å². The molecule has 0 spiro atoms. The highest BCUT2D eigenvalue weighted by atomic mass is 32.2. The molecule has 1 aliphatic rings. The van der Waals surface area contributed by atoms with Crippen molar-refractivity contribution in [1.29, 1.82) is 0 Å². The van der Waals surface area contributed by atoms with E-state index in [4.69, 9.17) is 0 Å². The topological polar surface area (TPSA) is 3.24 Å². The Balaban J connectivity index is 2.28. The summed E-state index contributed by atoms with van der Waals surface area (Å²) in [5.41, 5.74) is 0. The Morgan fingerprint density at radius 1 is 1.46 bits per heavy atom. The second-order valence-electron chi connectivity index (χ2n) is 3.66. The van der Waals surface area contributed by atoms with E-state index in [9.17, 15) is 8.78 Å². The molecule has 0 saturated heterocycles. The van der Waals surface area contributed by atoms with Crippen molar-refractivity contribution in [2.24, 2.45) is 0 Å². The SMILES string of the molecule is CS[C@H]1CC[C@H](N(C)CC(F)F)C1. The average Bonchev–Trinajstić information content (AvgIpc) is 2.50. The zero-order valence-electron chi connectivity index (χ0n) is 8.17. The van der Waals surface area contributed by atoms with Gasteiger partial charge in [0.2, 0.25) is 0 Å². The highest BCUT2D eigenvalue weighted by Gasteiger charge is 2.27. The summed E-state index contributed by atoms with van der Waals surface area (Å²) >= 11 is 1.86. The lowest BCUT2D eigenvalue weighted by Crippen LogP contribution is -2.33. The van der Waals surface area contributed by atoms with E-state index in [1.54, 1.807) is 11.9 Å². The first-order valence-electron chi connectivity index (χ1n) is 4.64. The molecule has 13 heavy (non-hydrogen) atoms.